The highest BCUT2D eigenvalue weighted by Gasteiger charge is 2.18. The lowest BCUT2D eigenvalue weighted by Gasteiger charge is -2.32. The monoisotopic (exact) mass is 164 g/mol. The molecule has 1 aliphatic heterocycles. The number of hydrogen-bond acceptors (Lipinski definition) is 2. The Morgan fingerprint density at radius 1 is 1.58 bits per heavy atom. The Morgan fingerprint density at radius 3 is 2.58 bits per heavy atom. The molecule has 2 nitrogen and oxygen atoms in total. The zero-order valence-electron chi connectivity index (χ0n) is 7.71. The summed E-state index contributed by atoms with van der Waals surface area (Å²) in [5.74, 6) is 0.283. The second-order valence-corrected chi connectivity index (χ2v) is 3.31. The molecule has 66 valence electrons. The predicted octanol–water partition coefficient (Wildman–Crippen LogP) is 2.15. The van der Waals surface area contributed by atoms with Gasteiger partial charge in [0.1, 0.15) is 0 Å². The van der Waals surface area contributed by atoms with Crippen LogP contribution in [0.15, 0.2) is 12.3 Å². The van der Waals surface area contributed by atoms with Gasteiger partial charge in [-0.1, -0.05) is 13.5 Å². The van der Waals surface area contributed by atoms with E-state index in [0.717, 1.165) is 32.4 Å². The molecule has 0 N–H and O–H groups in total. The number of nitriles is 1. The van der Waals surface area contributed by atoms with Crippen LogP contribution in [0.4, 0.5) is 0 Å². The van der Waals surface area contributed by atoms with Crippen LogP contribution in [0.25, 0.3) is 0 Å². The Labute approximate surface area is 74.5 Å². The van der Waals surface area contributed by atoms with Gasteiger partial charge in [-0.3, -0.25) is 0 Å². The van der Waals surface area contributed by atoms with Gasteiger partial charge in [-0.15, -0.1) is 0 Å². The molecule has 0 aromatic heterocycles. The molecule has 1 heterocycles. The summed E-state index contributed by atoms with van der Waals surface area (Å²) in [6.07, 6.45) is 3.04. The molecule has 1 fully saturated rings. The molecule has 1 aliphatic rings. The third-order valence-electron chi connectivity index (χ3n) is 2.53. The van der Waals surface area contributed by atoms with Gasteiger partial charge >= 0.3 is 0 Å². The van der Waals surface area contributed by atoms with Crippen molar-refractivity contribution in [3.05, 3.63) is 12.3 Å². The van der Waals surface area contributed by atoms with E-state index < -0.39 is 0 Å². The van der Waals surface area contributed by atoms with E-state index in [1.807, 2.05) is 0 Å². The van der Waals surface area contributed by atoms with E-state index in [4.69, 9.17) is 5.26 Å². The fourth-order valence-electron chi connectivity index (χ4n) is 1.55. The third-order valence-corrected chi connectivity index (χ3v) is 2.53. The molecule has 2 heteroatoms. The molecule has 0 saturated carbocycles. The summed E-state index contributed by atoms with van der Waals surface area (Å²) in [6.45, 7) is 8.15. The van der Waals surface area contributed by atoms with E-state index in [9.17, 15) is 0 Å². The highest BCUT2D eigenvalue weighted by molar-refractivity contribution is 4.97. The molecule has 1 rings (SSSR count). The smallest absolute Gasteiger partial charge is 0.0657 e. The van der Waals surface area contributed by atoms with Crippen molar-refractivity contribution in [3.63, 3.8) is 0 Å². The minimum absolute atomic E-state index is 0.283. The van der Waals surface area contributed by atoms with Crippen LogP contribution >= 0.6 is 0 Å². The molecule has 12 heavy (non-hydrogen) atoms. The van der Waals surface area contributed by atoms with Crippen LogP contribution in [0.1, 0.15) is 26.2 Å². The minimum atomic E-state index is 0.283. The van der Waals surface area contributed by atoms with Crippen molar-refractivity contribution in [1.29, 1.82) is 5.26 Å². The molecule has 0 aromatic rings. The lowest BCUT2D eigenvalue weighted by atomic mass is 9.98. The standard InChI is InChI=1S/C10H16N2/c1-3-9(2)12-6-4-10(8-11)5-7-12/h10H,2-7H2,1H3. The van der Waals surface area contributed by atoms with E-state index in [-0.39, 0.29) is 5.92 Å². The van der Waals surface area contributed by atoms with Crippen molar-refractivity contribution in [2.45, 2.75) is 26.2 Å². The van der Waals surface area contributed by atoms with Gasteiger partial charge in [0.25, 0.3) is 0 Å². The maximum atomic E-state index is 8.68. The van der Waals surface area contributed by atoms with E-state index in [1.165, 1.54) is 5.70 Å². The summed E-state index contributed by atoms with van der Waals surface area (Å²) in [7, 11) is 0. The first-order valence-corrected chi connectivity index (χ1v) is 4.60. The van der Waals surface area contributed by atoms with Gasteiger partial charge in [0, 0.05) is 24.7 Å². The molecular formula is C10H16N2. The molecule has 0 unspecified atom stereocenters. The molecular weight excluding hydrogens is 148 g/mol. The highest BCUT2D eigenvalue weighted by atomic mass is 15.1. The van der Waals surface area contributed by atoms with Crippen molar-refractivity contribution in [2.24, 2.45) is 5.92 Å². The second kappa shape index (κ2) is 4.15. The number of allylic oxidation sites excluding steroid dienone is 1. The van der Waals surface area contributed by atoms with E-state index in [0.29, 0.717) is 0 Å². The molecule has 1 saturated heterocycles. The Balaban J connectivity index is 2.37. The largest absolute Gasteiger partial charge is 0.375 e. The van der Waals surface area contributed by atoms with Gasteiger partial charge < -0.3 is 4.90 Å². The summed E-state index contributed by atoms with van der Waals surface area (Å²) in [4.78, 5) is 2.30. The van der Waals surface area contributed by atoms with Crippen LogP contribution in [-0.4, -0.2) is 18.0 Å². The van der Waals surface area contributed by atoms with Crippen molar-refractivity contribution in [2.75, 3.05) is 13.1 Å². The van der Waals surface area contributed by atoms with Gasteiger partial charge in [0.2, 0.25) is 0 Å². The summed E-state index contributed by atoms with van der Waals surface area (Å²) >= 11 is 0. The maximum Gasteiger partial charge on any atom is 0.0657 e. The fourth-order valence-corrected chi connectivity index (χ4v) is 1.55. The SMILES string of the molecule is C=C(CC)N1CCC(C#N)CC1. The van der Waals surface area contributed by atoms with E-state index in [1.54, 1.807) is 0 Å². The average molecular weight is 164 g/mol. The summed E-state index contributed by atoms with van der Waals surface area (Å²) in [6, 6.07) is 2.33. The summed E-state index contributed by atoms with van der Waals surface area (Å²) in [5, 5.41) is 8.68. The molecule has 0 spiro atoms. The van der Waals surface area contributed by atoms with Crippen LogP contribution in [0.2, 0.25) is 0 Å². The molecule has 0 radical (unpaired) electrons. The Morgan fingerprint density at radius 2 is 2.17 bits per heavy atom. The van der Waals surface area contributed by atoms with Crippen LogP contribution < -0.4 is 0 Å². The maximum absolute atomic E-state index is 8.68. The number of likely N-dealkylation sites (tertiary alicyclic amines) is 1. The van der Waals surface area contributed by atoms with Gasteiger partial charge in [0.05, 0.1) is 6.07 Å². The molecule has 0 aliphatic carbocycles. The van der Waals surface area contributed by atoms with E-state index in [2.05, 4.69) is 24.5 Å². The lowest BCUT2D eigenvalue weighted by Crippen LogP contribution is -2.32. The number of rotatable bonds is 2. The highest BCUT2D eigenvalue weighted by Crippen LogP contribution is 2.19. The molecule has 0 bridgehead atoms. The van der Waals surface area contributed by atoms with Crippen LogP contribution in [0.3, 0.4) is 0 Å². The second-order valence-electron chi connectivity index (χ2n) is 3.31. The Kier molecular flexibility index (Phi) is 3.16. The van der Waals surface area contributed by atoms with Gasteiger partial charge in [-0.05, 0) is 19.3 Å². The van der Waals surface area contributed by atoms with Crippen molar-refractivity contribution in [1.82, 2.24) is 4.90 Å². The third kappa shape index (κ3) is 2.01. The summed E-state index contributed by atoms with van der Waals surface area (Å²) < 4.78 is 0. The van der Waals surface area contributed by atoms with Crippen LogP contribution in [-0.2, 0) is 0 Å². The lowest BCUT2D eigenvalue weighted by molar-refractivity contribution is 0.250. The van der Waals surface area contributed by atoms with Gasteiger partial charge in [-0.25, -0.2) is 0 Å². The first kappa shape index (κ1) is 9.12. The summed E-state index contributed by atoms with van der Waals surface area (Å²) in [5.41, 5.74) is 1.21. The molecule has 0 aromatic carbocycles. The Bertz CT molecular complexity index is 194. The number of piperidine rings is 1. The first-order valence-electron chi connectivity index (χ1n) is 4.60. The zero-order chi connectivity index (χ0) is 8.97. The van der Waals surface area contributed by atoms with Crippen molar-refractivity contribution < 1.29 is 0 Å². The average Bonchev–Trinajstić information content (AvgIpc) is 2.17. The molecule has 0 amide bonds. The van der Waals surface area contributed by atoms with Crippen molar-refractivity contribution in [3.8, 4) is 6.07 Å². The van der Waals surface area contributed by atoms with Gasteiger partial charge in [-0.2, -0.15) is 5.26 Å². The zero-order valence-corrected chi connectivity index (χ0v) is 7.71. The quantitative estimate of drug-likeness (QED) is 0.625. The number of hydrogen-bond donors (Lipinski definition) is 0. The normalized spacial score (nSPS) is 18.8. The topological polar surface area (TPSA) is 27.0 Å². The first-order chi connectivity index (χ1) is 5.77. The van der Waals surface area contributed by atoms with Crippen LogP contribution in [0, 0.1) is 17.2 Å². The van der Waals surface area contributed by atoms with Gasteiger partial charge in [0.15, 0.2) is 0 Å². The number of nitrogens with zero attached hydrogens (tertiary/aromatic N) is 2. The predicted molar refractivity (Wildman–Crippen MR) is 49.3 cm³/mol. The van der Waals surface area contributed by atoms with Crippen LogP contribution in [0.5, 0.6) is 0 Å². The van der Waals surface area contributed by atoms with E-state index >= 15 is 0 Å². The van der Waals surface area contributed by atoms with Crippen molar-refractivity contribution >= 4 is 0 Å². The Hall–Kier alpha value is -0.970. The minimum Gasteiger partial charge on any atom is -0.375 e. The molecule has 0 atom stereocenters. The fraction of sp³-hybridized carbons (Fsp3) is 0.700.